The van der Waals surface area contributed by atoms with Gasteiger partial charge in [-0.05, 0) is 63.3 Å². The molecule has 2 aliphatic rings. The molecule has 2 fully saturated rings. The molecule has 8 heteroatoms. The zero-order valence-electron chi connectivity index (χ0n) is 11.4. The van der Waals surface area contributed by atoms with Gasteiger partial charge in [-0.25, -0.2) is 13.1 Å². The van der Waals surface area contributed by atoms with Crippen molar-refractivity contribution in [3.8, 4) is 0 Å². The maximum Gasteiger partial charge on any atom is 0.243 e. The molecule has 1 unspecified atom stereocenters. The number of anilines is 1. The highest BCUT2D eigenvalue weighted by Gasteiger charge is 2.36. The number of rotatable bonds is 4. The molecule has 1 heterocycles. The molecular formula is C13H17Br2N3O2S. The van der Waals surface area contributed by atoms with Crippen LogP contribution in [0.3, 0.4) is 0 Å². The summed E-state index contributed by atoms with van der Waals surface area (Å²) in [6.45, 7) is 1.77. The van der Waals surface area contributed by atoms with Gasteiger partial charge < -0.3 is 5.73 Å². The van der Waals surface area contributed by atoms with Crippen LogP contribution < -0.4 is 10.5 Å². The van der Waals surface area contributed by atoms with E-state index in [0.717, 1.165) is 19.5 Å². The van der Waals surface area contributed by atoms with Crippen LogP contribution in [-0.2, 0) is 10.0 Å². The van der Waals surface area contributed by atoms with Gasteiger partial charge in [-0.2, -0.15) is 0 Å². The van der Waals surface area contributed by atoms with Crippen molar-refractivity contribution in [1.82, 2.24) is 9.62 Å². The normalized spacial score (nSPS) is 23.6. The van der Waals surface area contributed by atoms with Gasteiger partial charge in [0.15, 0.2) is 0 Å². The standard InChI is InChI=1S/C13H17Br2N3O2S/c14-11-5-8(16)6-12(15)13(11)21(19,20)17-9-3-4-18(7-9)10-1-2-10/h5-6,9-10,17H,1-4,7,16H2. The highest BCUT2D eigenvalue weighted by atomic mass is 79.9. The largest absolute Gasteiger partial charge is 0.399 e. The predicted molar refractivity (Wildman–Crippen MR) is 89.6 cm³/mol. The smallest absolute Gasteiger partial charge is 0.243 e. The number of nitrogen functional groups attached to an aromatic ring is 1. The Hall–Kier alpha value is -0.150. The van der Waals surface area contributed by atoms with Gasteiger partial charge in [0.25, 0.3) is 0 Å². The van der Waals surface area contributed by atoms with Crippen LogP contribution in [0.15, 0.2) is 26.0 Å². The van der Waals surface area contributed by atoms with E-state index in [1.165, 1.54) is 12.8 Å². The average Bonchev–Trinajstić information content (AvgIpc) is 3.09. The first-order valence-corrected chi connectivity index (χ1v) is 9.94. The predicted octanol–water partition coefficient (Wildman–Crippen LogP) is 2.31. The Bertz CT molecular complexity index is 638. The molecule has 21 heavy (non-hydrogen) atoms. The van der Waals surface area contributed by atoms with Crippen molar-refractivity contribution >= 4 is 47.6 Å². The Morgan fingerprint density at radius 3 is 2.38 bits per heavy atom. The van der Waals surface area contributed by atoms with Crippen LogP contribution in [0.1, 0.15) is 19.3 Å². The summed E-state index contributed by atoms with van der Waals surface area (Å²) in [6, 6.07) is 3.86. The third-order valence-electron chi connectivity index (χ3n) is 3.89. The van der Waals surface area contributed by atoms with E-state index in [0.29, 0.717) is 20.7 Å². The molecule has 1 aliphatic carbocycles. The second-order valence-corrected chi connectivity index (χ2v) is 9.01. The molecule has 0 spiro atoms. The molecule has 3 N–H and O–H groups in total. The minimum Gasteiger partial charge on any atom is -0.399 e. The van der Waals surface area contributed by atoms with Gasteiger partial charge >= 0.3 is 0 Å². The lowest BCUT2D eigenvalue weighted by Gasteiger charge is -2.17. The molecular weight excluding hydrogens is 422 g/mol. The molecule has 1 aromatic carbocycles. The molecule has 5 nitrogen and oxygen atoms in total. The van der Waals surface area contributed by atoms with Crippen LogP contribution >= 0.6 is 31.9 Å². The van der Waals surface area contributed by atoms with E-state index < -0.39 is 10.0 Å². The number of sulfonamides is 1. The Morgan fingerprint density at radius 1 is 1.19 bits per heavy atom. The third-order valence-corrected chi connectivity index (χ3v) is 7.29. The first-order valence-electron chi connectivity index (χ1n) is 6.88. The van der Waals surface area contributed by atoms with Crippen molar-refractivity contribution in [3.63, 3.8) is 0 Å². The van der Waals surface area contributed by atoms with Crippen molar-refractivity contribution in [3.05, 3.63) is 21.1 Å². The van der Waals surface area contributed by atoms with Gasteiger partial charge in [-0.15, -0.1) is 0 Å². The van der Waals surface area contributed by atoms with Crippen LogP contribution in [0, 0.1) is 0 Å². The number of likely N-dealkylation sites (tertiary alicyclic amines) is 1. The topological polar surface area (TPSA) is 75.4 Å². The summed E-state index contributed by atoms with van der Waals surface area (Å²) >= 11 is 6.58. The van der Waals surface area contributed by atoms with Crippen molar-refractivity contribution in [2.24, 2.45) is 0 Å². The maximum absolute atomic E-state index is 12.6. The lowest BCUT2D eigenvalue weighted by Crippen LogP contribution is -2.37. The van der Waals surface area contributed by atoms with Gasteiger partial charge in [-0.1, -0.05) is 0 Å². The van der Waals surface area contributed by atoms with Crippen LogP contribution in [0.5, 0.6) is 0 Å². The molecule has 0 amide bonds. The summed E-state index contributed by atoms with van der Waals surface area (Å²) in [7, 11) is -3.58. The zero-order chi connectivity index (χ0) is 15.2. The Labute approximate surface area is 141 Å². The summed E-state index contributed by atoms with van der Waals surface area (Å²) < 4.78 is 29.0. The number of nitrogens with zero attached hydrogens (tertiary/aromatic N) is 1. The van der Waals surface area contributed by atoms with E-state index in [1.54, 1.807) is 12.1 Å². The van der Waals surface area contributed by atoms with Gasteiger partial charge in [0.1, 0.15) is 4.90 Å². The van der Waals surface area contributed by atoms with E-state index in [9.17, 15) is 8.42 Å². The van der Waals surface area contributed by atoms with Crippen molar-refractivity contribution in [2.45, 2.75) is 36.2 Å². The van der Waals surface area contributed by atoms with Crippen molar-refractivity contribution in [1.29, 1.82) is 0 Å². The number of halogens is 2. The van der Waals surface area contributed by atoms with Gasteiger partial charge in [0, 0.05) is 39.8 Å². The van der Waals surface area contributed by atoms with Gasteiger partial charge in [0.05, 0.1) is 0 Å². The number of benzene rings is 1. The van der Waals surface area contributed by atoms with Crippen molar-refractivity contribution < 1.29 is 8.42 Å². The minimum absolute atomic E-state index is 0.0213. The Kier molecular flexibility index (Phi) is 4.35. The highest BCUT2D eigenvalue weighted by Crippen LogP contribution is 2.34. The fourth-order valence-corrected chi connectivity index (χ4v) is 6.65. The summed E-state index contributed by atoms with van der Waals surface area (Å²) in [5, 5.41) is 0. The number of nitrogens with one attached hydrogen (secondary N) is 1. The number of nitrogens with two attached hydrogens (primary N) is 1. The van der Waals surface area contributed by atoms with E-state index >= 15 is 0 Å². The second kappa shape index (κ2) is 5.81. The first kappa shape index (κ1) is 15.7. The summed E-state index contributed by atoms with van der Waals surface area (Å²) in [5.74, 6) is 0. The highest BCUT2D eigenvalue weighted by molar-refractivity contribution is 9.11. The van der Waals surface area contributed by atoms with Crippen molar-refractivity contribution in [2.75, 3.05) is 18.8 Å². The molecule has 1 saturated carbocycles. The number of hydrogen-bond donors (Lipinski definition) is 2. The monoisotopic (exact) mass is 437 g/mol. The fourth-order valence-electron chi connectivity index (χ4n) is 2.77. The zero-order valence-corrected chi connectivity index (χ0v) is 15.3. The van der Waals surface area contributed by atoms with Gasteiger partial charge in [-0.3, -0.25) is 4.90 Å². The molecule has 0 radical (unpaired) electrons. The van der Waals surface area contributed by atoms with Crippen LogP contribution in [0.25, 0.3) is 0 Å². The SMILES string of the molecule is Nc1cc(Br)c(S(=O)(=O)NC2CCN(C3CC3)C2)c(Br)c1. The summed E-state index contributed by atoms with van der Waals surface area (Å²) in [6.07, 6.45) is 3.35. The molecule has 0 aromatic heterocycles. The number of hydrogen-bond acceptors (Lipinski definition) is 4. The lowest BCUT2D eigenvalue weighted by atomic mass is 10.3. The summed E-state index contributed by atoms with van der Waals surface area (Å²) in [5.41, 5.74) is 6.22. The van der Waals surface area contributed by atoms with E-state index in [-0.39, 0.29) is 10.9 Å². The minimum atomic E-state index is -3.58. The molecule has 1 aromatic rings. The Morgan fingerprint density at radius 2 is 1.81 bits per heavy atom. The van der Waals surface area contributed by atoms with Crippen LogP contribution in [0.4, 0.5) is 5.69 Å². The van der Waals surface area contributed by atoms with E-state index in [2.05, 4.69) is 41.5 Å². The van der Waals surface area contributed by atoms with E-state index in [1.807, 2.05) is 0 Å². The third kappa shape index (κ3) is 3.44. The van der Waals surface area contributed by atoms with Gasteiger partial charge in [0.2, 0.25) is 10.0 Å². The average molecular weight is 439 g/mol. The quantitative estimate of drug-likeness (QED) is 0.707. The maximum atomic E-state index is 12.6. The van der Waals surface area contributed by atoms with Crippen LogP contribution in [-0.4, -0.2) is 38.5 Å². The molecule has 3 rings (SSSR count). The fraction of sp³-hybridized carbons (Fsp3) is 0.538. The molecule has 116 valence electrons. The summed E-state index contributed by atoms with van der Waals surface area (Å²) in [4.78, 5) is 2.59. The lowest BCUT2D eigenvalue weighted by molar-refractivity contribution is 0.322. The first-order chi connectivity index (χ1) is 9.87. The molecule has 1 atom stereocenters. The van der Waals surface area contributed by atoms with E-state index in [4.69, 9.17) is 5.73 Å². The van der Waals surface area contributed by atoms with Crippen LogP contribution in [0.2, 0.25) is 0 Å². The molecule has 0 bridgehead atoms. The Balaban J connectivity index is 1.78. The molecule has 1 aliphatic heterocycles. The molecule has 1 saturated heterocycles. The second-order valence-electron chi connectivity index (χ2n) is 5.65.